The van der Waals surface area contributed by atoms with E-state index in [1.165, 1.54) is 89.9 Å². The van der Waals surface area contributed by atoms with Gasteiger partial charge in [-0.15, -0.1) is 0 Å². The molecule has 9 nitrogen and oxygen atoms in total. The molecule has 0 fully saturated rings. The van der Waals surface area contributed by atoms with E-state index in [1.54, 1.807) is 6.08 Å². The van der Waals surface area contributed by atoms with E-state index < -0.39 is 32.5 Å². The molecule has 3 atom stereocenters. The molecule has 0 saturated heterocycles. The van der Waals surface area contributed by atoms with Crippen LogP contribution in [0.15, 0.2) is 97.2 Å². The van der Waals surface area contributed by atoms with Crippen LogP contribution in [0.5, 0.6) is 0 Å². The highest BCUT2D eigenvalue weighted by atomic mass is 31.2. The molecule has 0 aliphatic rings. The number of phosphoric acid groups is 1. The highest BCUT2D eigenvalue weighted by Gasteiger charge is 2.27. The van der Waals surface area contributed by atoms with Crippen LogP contribution in [0.4, 0.5) is 0 Å². The lowest BCUT2D eigenvalue weighted by Gasteiger charge is -2.30. The average Bonchev–Trinajstić information content (AvgIpc) is 3.28. The zero-order valence-electron chi connectivity index (χ0n) is 43.6. The minimum atomic E-state index is -4.72. The van der Waals surface area contributed by atoms with Gasteiger partial charge in [-0.3, -0.25) is 14.2 Å². The largest absolute Gasteiger partial charge is 0.756 e. The van der Waals surface area contributed by atoms with Crippen LogP contribution >= 0.6 is 7.82 Å². The van der Waals surface area contributed by atoms with Crippen molar-refractivity contribution < 1.29 is 37.3 Å². The monoisotopic (exact) mass is 955 g/mol. The maximum atomic E-state index is 13.4. The van der Waals surface area contributed by atoms with Crippen molar-refractivity contribution in [3.8, 4) is 0 Å². The quantitative estimate of drug-likeness (QED) is 0.0212. The molecule has 0 rings (SSSR count). The van der Waals surface area contributed by atoms with Gasteiger partial charge in [0.05, 0.1) is 33.8 Å². The maximum absolute atomic E-state index is 13.4. The van der Waals surface area contributed by atoms with Gasteiger partial charge in [0.15, 0.2) is 0 Å². The molecule has 67 heavy (non-hydrogen) atoms. The van der Waals surface area contributed by atoms with Gasteiger partial charge in [-0.25, -0.2) is 0 Å². The second-order valence-electron chi connectivity index (χ2n) is 18.6. The van der Waals surface area contributed by atoms with Crippen LogP contribution in [0.25, 0.3) is 0 Å². The van der Waals surface area contributed by atoms with Crippen LogP contribution in [-0.4, -0.2) is 69.4 Å². The summed E-state index contributed by atoms with van der Waals surface area (Å²) in [6.45, 7) is 6.59. The van der Waals surface area contributed by atoms with E-state index in [2.05, 4.69) is 92.9 Å². The molecular weight excluding hydrogens is 856 g/mol. The van der Waals surface area contributed by atoms with E-state index in [0.29, 0.717) is 23.9 Å². The predicted molar refractivity (Wildman–Crippen MR) is 284 cm³/mol. The molecule has 0 aromatic carbocycles. The molecular formula is C57H99N2O7P. The highest BCUT2D eigenvalue weighted by molar-refractivity contribution is 7.45. The molecule has 1 amide bonds. The minimum absolute atomic E-state index is 0.0475. The summed E-state index contributed by atoms with van der Waals surface area (Å²) in [5, 5.41) is 2.94. The van der Waals surface area contributed by atoms with Gasteiger partial charge in [0.25, 0.3) is 7.82 Å². The van der Waals surface area contributed by atoms with E-state index in [4.69, 9.17) is 13.8 Å². The Morgan fingerprint density at radius 2 is 0.955 bits per heavy atom. The van der Waals surface area contributed by atoms with Crippen LogP contribution in [0.1, 0.15) is 201 Å². The fourth-order valence-electron chi connectivity index (χ4n) is 6.91. The Morgan fingerprint density at radius 1 is 0.537 bits per heavy atom. The summed E-state index contributed by atoms with van der Waals surface area (Å²) >= 11 is 0. The van der Waals surface area contributed by atoms with Crippen LogP contribution in [0, 0.1) is 0 Å². The van der Waals surface area contributed by atoms with Gasteiger partial charge in [0.1, 0.15) is 19.3 Å². The third kappa shape index (κ3) is 47.8. The second kappa shape index (κ2) is 46.6. The molecule has 1 N–H and O–H groups in total. The van der Waals surface area contributed by atoms with Crippen LogP contribution in [0.2, 0.25) is 0 Å². The van der Waals surface area contributed by atoms with E-state index in [-0.39, 0.29) is 25.4 Å². The summed E-state index contributed by atoms with van der Waals surface area (Å²) in [5.41, 5.74) is 0. The maximum Gasteiger partial charge on any atom is 0.306 e. The SMILES string of the molecule is CC/C=C/C/C=C/C/C=C/C/C=C/C/C=C/CCC(=O)NC(COP(=O)([O-])OCC[N+](C)(C)C)C(/C=C/CCCCCCCCCCCC)OC(=O)CC/C=C/C/C=C\CCCCCCCC. The van der Waals surface area contributed by atoms with Crippen molar-refractivity contribution in [3.05, 3.63) is 97.2 Å². The lowest BCUT2D eigenvalue weighted by molar-refractivity contribution is -0.870. The predicted octanol–water partition coefficient (Wildman–Crippen LogP) is 15.0. The zero-order valence-corrected chi connectivity index (χ0v) is 44.5. The fourth-order valence-corrected chi connectivity index (χ4v) is 7.64. The molecule has 384 valence electrons. The Morgan fingerprint density at radius 3 is 1.43 bits per heavy atom. The second-order valence-corrected chi connectivity index (χ2v) is 20.0. The fraction of sp³-hybridized carbons (Fsp3) is 0.684. The number of phosphoric ester groups is 1. The lowest BCUT2D eigenvalue weighted by atomic mass is 10.1. The number of nitrogens with zero attached hydrogens (tertiary/aromatic N) is 1. The molecule has 3 unspecified atom stereocenters. The van der Waals surface area contributed by atoms with Gasteiger partial charge in [-0.2, -0.15) is 0 Å². The number of ether oxygens (including phenoxy) is 1. The molecule has 0 radical (unpaired) electrons. The lowest BCUT2D eigenvalue weighted by Crippen LogP contribution is -2.47. The van der Waals surface area contributed by atoms with E-state index in [0.717, 1.165) is 64.2 Å². The number of likely N-dealkylation sites (N-methyl/N-ethyl adjacent to an activating group) is 1. The first-order chi connectivity index (χ1) is 32.4. The van der Waals surface area contributed by atoms with Gasteiger partial charge in [0.2, 0.25) is 5.91 Å². The van der Waals surface area contributed by atoms with Crippen molar-refractivity contribution >= 4 is 19.7 Å². The number of amides is 1. The number of unbranched alkanes of at least 4 members (excludes halogenated alkanes) is 16. The number of esters is 1. The van der Waals surface area contributed by atoms with E-state index in [9.17, 15) is 19.0 Å². The number of hydrogen-bond donors (Lipinski definition) is 1. The zero-order chi connectivity index (χ0) is 49.4. The number of nitrogens with one attached hydrogen (secondary N) is 1. The number of carbonyl (C=O) groups is 2. The average molecular weight is 955 g/mol. The van der Waals surface area contributed by atoms with Crippen LogP contribution in [-0.2, 0) is 27.9 Å². The molecule has 0 spiro atoms. The van der Waals surface area contributed by atoms with Crippen molar-refractivity contribution in [2.24, 2.45) is 0 Å². The first-order valence-corrected chi connectivity index (χ1v) is 28.0. The Hall–Kier alpha value is -3.07. The van der Waals surface area contributed by atoms with Crippen LogP contribution < -0.4 is 10.2 Å². The Bertz CT molecular complexity index is 1470. The summed E-state index contributed by atoms with van der Waals surface area (Å²) < 4.78 is 30.0. The molecule has 0 heterocycles. The Balaban J connectivity index is 5.62. The Kier molecular flexibility index (Phi) is 44.5. The number of carbonyl (C=O) groups excluding carboxylic acids is 2. The van der Waals surface area contributed by atoms with Crippen molar-refractivity contribution in [2.75, 3.05) is 40.9 Å². The molecule has 0 aliphatic heterocycles. The van der Waals surface area contributed by atoms with Gasteiger partial charge < -0.3 is 28.5 Å². The molecule has 0 aromatic heterocycles. The van der Waals surface area contributed by atoms with Crippen molar-refractivity contribution in [1.29, 1.82) is 0 Å². The molecule has 10 heteroatoms. The first-order valence-electron chi connectivity index (χ1n) is 26.5. The van der Waals surface area contributed by atoms with Gasteiger partial charge in [-0.05, 0) is 83.1 Å². The van der Waals surface area contributed by atoms with Crippen LogP contribution in [0.3, 0.4) is 0 Å². The molecule has 0 saturated carbocycles. The minimum Gasteiger partial charge on any atom is -0.756 e. The standard InChI is InChI=1S/C57H99N2O7P/c1-7-10-13-16-19-22-25-28-29-30-32-34-37-40-43-46-49-56(60)58-54(53-65-67(62,63)64-52-51-59(4,5)6)55(48-45-42-39-36-33-27-24-21-18-15-12-9-3)66-57(61)50-47-44-41-38-35-31-26-23-20-17-14-11-8-2/h10,13,19,22,28-29,31-32,34-35,40-41,43-45,48,54-55H,7-9,11-12,14-18,20-21,23-27,30,33,36-39,42,46-47,49-53H2,1-6H3,(H-,58,60,62,63)/b13-10+,22-19+,29-28+,34-32+,35-31-,43-40+,44-41+,48-45+. The smallest absolute Gasteiger partial charge is 0.306 e. The topological polar surface area (TPSA) is 114 Å². The third-order valence-corrected chi connectivity index (χ3v) is 12.0. The van der Waals surface area contributed by atoms with E-state index >= 15 is 0 Å². The number of allylic oxidation sites excluding steroid dienone is 15. The number of hydrogen-bond acceptors (Lipinski definition) is 7. The van der Waals surface area contributed by atoms with Gasteiger partial charge >= 0.3 is 5.97 Å². The molecule has 0 aliphatic carbocycles. The van der Waals surface area contributed by atoms with E-state index in [1.807, 2.05) is 45.4 Å². The Labute approximate surface area is 411 Å². The number of rotatable bonds is 46. The van der Waals surface area contributed by atoms with Gasteiger partial charge in [-0.1, -0.05) is 202 Å². The highest BCUT2D eigenvalue weighted by Crippen LogP contribution is 2.38. The normalized spacial score (nSPS) is 14.7. The first kappa shape index (κ1) is 63.9. The summed E-state index contributed by atoms with van der Waals surface area (Å²) in [7, 11) is 1.10. The molecule has 0 aromatic rings. The summed E-state index contributed by atoms with van der Waals surface area (Å²) in [6, 6.07) is -0.953. The van der Waals surface area contributed by atoms with Gasteiger partial charge in [0, 0.05) is 12.8 Å². The van der Waals surface area contributed by atoms with Crippen molar-refractivity contribution in [2.45, 2.75) is 213 Å². The summed E-state index contributed by atoms with van der Waals surface area (Å²) in [5.74, 6) is -0.725. The third-order valence-electron chi connectivity index (χ3n) is 11.0. The summed E-state index contributed by atoms with van der Waals surface area (Å²) in [4.78, 5) is 39.6. The van der Waals surface area contributed by atoms with Crippen molar-refractivity contribution in [3.63, 3.8) is 0 Å². The molecule has 0 bridgehead atoms. The summed E-state index contributed by atoms with van der Waals surface area (Å²) in [6.07, 6.45) is 61.2. The number of quaternary nitrogens is 1. The van der Waals surface area contributed by atoms with Crippen molar-refractivity contribution in [1.82, 2.24) is 5.32 Å².